The van der Waals surface area contributed by atoms with Crippen molar-refractivity contribution in [3.63, 3.8) is 0 Å². The minimum Gasteiger partial charge on any atom is -0.390 e. The molecule has 0 aromatic heterocycles. The zero-order chi connectivity index (χ0) is 17.3. The van der Waals surface area contributed by atoms with Crippen molar-refractivity contribution in [2.45, 2.75) is 104 Å². The van der Waals surface area contributed by atoms with Crippen molar-refractivity contribution in [2.75, 3.05) is 0 Å². The first-order valence-electron chi connectivity index (χ1n) is 9.48. The van der Waals surface area contributed by atoms with Gasteiger partial charge in [0.25, 0.3) is 0 Å². The maximum absolute atomic E-state index is 11.4. The fourth-order valence-corrected chi connectivity index (χ4v) is 2.53. The largest absolute Gasteiger partial charge is 0.390 e. The number of unbranched alkanes of at least 4 members (excludes halogenated alkanes) is 12. The third-order valence-electron chi connectivity index (χ3n) is 4.04. The van der Waals surface area contributed by atoms with Gasteiger partial charge in [0.15, 0.2) is 0 Å². The van der Waals surface area contributed by atoms with Gasteiger partial charge in [-0.2, -0.15) is 0 Å². The number of esters is 2. The number of rotatable bonds is 15. The minimum absolute atomic E-state index is 0. The summed E-state index contributed by atoms with van der Waals surface area (Å²) in [5.41, 5.74) is 0.267. The normalized spacial score (nSPS) is 10.1. The van der Waals surface area contributed by atoms with Crippen molar-refractivity contribution in [3.8, 4) is 0 Å². The van der Waals surface area contributed by atoms with Gasteiger partial charge in [0, 0.05) is 29.1 Å². The van der Waals surface area contributed by atoms with Crippen LogP contribution < -0.4 is 0 Å². The maximum atomic E-state index is 11.4. The second kappa shape index (κ2) is 18.7. The molecule has 4 heteroatoms. The van der Waals surface area contributed by atoms with Crippen LogP contribution in [-0.2, 0) is 31.4 Å². The fraction of sp³-hybridized carbons (Fsp3) is 0.800. The van der Waals surface area contributed by atoms with Gasteiger partial charge in [-0.1, -0.05) is 90.6 Å². The Morgan fingerprint density at radius 1 is 0.750 bits per heavy atom. The van der Waals surface area contributed by atoms with Crippen molar-refractivity contribution in [2.24, 2.45) is 0 Å². The molecule has 0 atom stereocenters. The number of hydrogen-bond acceptors (Lipinski definition) is 3. The van der Waals surface area contributed by atoms with Crippen molar-refractivity contribution < 1.29 is 31.4 Å². The molecule has 0 aliphatic carbocycles. The number of hydrogen-bond donors (Lipinski definition) is 0. The molecule has 0 heterocycles. The number of carbonyl (C=O) groups excluding carboxylic acids is 2. The van der Waals surface area contributed by atoms with Crippen LogP contribution in [0.1, 0.15) is 104 Å². The van der Waals surface area contributed by atoms with Crippen LogP contribution in [0, 0.1) is 0 Å². The summed E-state index contributed by atoms with van der Waals surface area (Å²) in [6.07, 6.45) is 16.9. The summed E-state index contributed by atoms with van der Waals surface area (Å²) in [7, 11) is 0. The summed E-state index contributed by atoms with van der Waals surface area (Å²) in [6, 6.07) is 0. The van der Waals surface area contributed by atoms with Gasteiger partial charge in [0.1, 0.15) is 0 Å². The van der Waals surface area contributed by atoms with Gasteiger partial charge in [-0.3, -0.25) is 4.79 Å². The summed E-state index contributed by atoms with van der Waals surface area (Å²) in [5, 5.41) is 0. The molecule has 0 fully saturated rings. The number of ether oxygens (including phenoxy) is 1. The monoisotopic (exact) mass is 387 g/mol. The van der Waals surface area contributed by atoms with Crippen molar-refractivity contribution in [1.29, 1.82) is 0 Å². The van der Waals surface area contributed by atoms with Crippen molar-refractivity contribution >= 4 is 11.9 Å². The Labute approximate surface area is 159 Å². The van der Waals surface area contributed by atoms with E-state index in [0.29, 0.717) is 6.42 Å². The average Bonchev–Trinajstić information content (AvgIpc) is 2.51. The third kappa shape index (κ3) is 17.7. The molecule has 24 heavy (non-hydrogen) atoms. The van der Waals surface area contributed by atoms with Gasteiger partial charge < -0.3 is 4.74 Å². The predicted molar refractivity (Wildman–Crippen MR) is 96.2 cm³/mol. The van der Waals surface area contributed by atoms with E-state index < -0.39 is 11.9 Å². The van der Waals surface area contributed by atoms with E-state index in [9.17, 15) is 9.59 Å². The van der Waals surface area contributed by atoms with Crippen LogP contribution >= 0.6 is 0 Å². The van der Waals surface area contributed by atoms with E-state index >= 15 is 0 Å². The summed E-state index contributed by atoms with van der Waals surface area (Å²) in [6.45, 7) is 7.25. The molecular weight excluding hydrogens is 352 g/mol. The predicted octanol–water partition coefficient (Wildman–Crippen LogP) is 6.11. The van der Waals surface area contributed by atoms with Crippen LogP contribution in [0.2, 0.25) is 0 Å². The SMILES string of the molecule is C=C(C)C(=O)OC(=O)CCCCCCCCCCCCCCC.[Cu]. The molecule has 1 radical (unpaired) electrons. The van der Waals surface area contributed by atoms with E-state index in [1.165, 1.54) is 64.2 Å². The Bertz CT molecular complexity index is 340. The standard InChI is InChI=1S/C20H36O3.Cu/c1-4-5-6-7-8-9-10-11-12-13-14-15-16-17-19(21)23-20(22)18(2)3;/h2,4-17H2,1,3H3;. The average molecular weight is 388 g/mol. The third-order valence-corrected chi connectivity index (χ3v) is 4.04. The zero-order valence-corrected chi connectivity index (χ0v) is 16.6. The van der Waals surface area contributed by atoms with Crippen molar-refractivity contribution in [1.82, 2.24) is 0 Å². The topological polar surface area (TPSA) is 43.4 Å². The van der Waals surface area contributed by atoms with Gasteiger partial charge in [0.05, 0.1) is 0 Å². The summed E-state index contributed by atoms with van der Waals surface area (Å²) in [5.74, 6) is -1.04. The van der Waals surface area contributed by atoms with E-state index in [4.69, 9.17) is 0 Å². The molecule has 0 saturated carbocycles. The maximum Gasteiger partial charge on any atom is 0.340 e. The van der Waals surface area contributed by atoms with Gasteiger partial charge in [-0.15, -0.1) is 0 Å². The van der Waals surface area contributed by atoms with Crippen LogP contribution in [0.15, 0.2) is 12.2 Å². The summed E-state index contributed by atoms with van der Waals surface area (Å²) in [4.78, 5) is 22.5. The second-order valence-electron chi connectivity index (χ2n) is 6.53. The van der Waals surface area contributed by atoms with Gasteiger partial charge in [-0.25, -0.2) is 4.79 Å². The summed E-state index contributed by atoms with van der Waals surface area (Å²) < 4.78 is 4.64. The first kappa shape index (κ1) is 25.6. The van der Waals surface area contributed by atoms with E-state index in [1.54, 1.807) is 6.92 Å². The molecule has 0 unspecified atom stereocenters. The smallest absolute Gasteiger partial charge is 0.340 e. The Morgan fingerprint density at radius 3 is 1.50 bits per heavy atom. The van der Waals surface area contributed by atoms with Gasteiger partial charge in [-0.05, 0) is 13.3 Å². The summed E-state index contributed by atoms with van der Waals surface area (Å²) >= 11 is 0. The van der Waals surface area contributed by atoms with Crippen molar-refractivity contribution in [3.05, 3.63) is 12.2 Å². The molecule has 0 aromatic carbocycles. The van der Waals surface area contributed by atoms with Crippen LogP contribution in [0.4, 0.5) is 0 Å². The molecule has 3 nitrogen and oxygen atoms in total. The first-order chi connectivity index (χ1) is 11.1. The van der Waals surface area contributed by atoms with Crippen LogP contribution in [0.3, 0.4) is 0 Å². The Hall–Kier alpha value is -0.601. The minimum atomic E-state index is -0.607. The zero-order valence-electron chi connectivity index (χ0n) is 15.6. The van der Waals surface area contributed by atoms with E-state index in [2.05, 4.69) is 18.2 Å². The molecule has 0 N–H and O–H groups in total. The van der Waals surface area contributed by atoms with Crippen LogP contribution in [0.25, 0.3) is 0 Å². The van der Waals surface area contributed by atoms with E-state index in [1.807, 2.05) is 0 Å². The molecule has 0 spiro atoms. The number of carbonyl (C=O) groups is 2. The molecule has 0 aliphatic rings. The Morgan fingerprint density at radius 2 is 1.12 bits per heavy atom. The molecule has 145 valence electrons. The molecule has 0 saturated heterocycles. The van der Waals surface area contributed by atoms with E-state index in [0.717, 1.165) is 19.3 Å². The molecule has 0 aliphatic heterocycles. The molecular formula is C20H36CuO3. The van der Waals surface area contributed by atoms with Crippen LogP contribution in [0.5, 0.6) is 0 Å². The molecule has 0 aromatic rings. The Kier molecular flexibility index (Phi) is 20.0. The van der Waals surface area contributed by atoms with Gasteiger partial charge in [0.2, 0.25) is 0 Å². The van der Waals surface area contributed by atoms with E-state index in [-0.39, 0.29) is 22.6 Å². The molecule has 0 bridgehead atoms. The molecule has 0 rings (SSSR count). The van der Waals surface area contributed by atoms with Gasteiger partial charge >= 0.3 is 11.9 Å². The molecule has 0 amide bonds. The Balaban J connectivity index is 0. The first-order valence-corrected chi connectivity index (χ1v) is 9.48. The quantitative estimate of drug-likeness (QED) is 0.112. The fourth-order valence-electron chi connectivity index (χ4n) is 2.53. The second-order valence-corrected chi connectivity index (χ2v) is 6.53. The van der Waals surface area contributed by atoms with Crippen LogP contribution in [-0.4, -0.2) is 11.9 Å².